The lowest BCUT2D eigenvalue weighted by molar-refractivity contribution is 0.370. The number of piperazine rings is 1. The van der Waals surface area contributed by atoms with Gasteiger partial charge in [0.15, 0.2) is 5.96 Å². The summed E-state index contributed by atoms with van der Waals surface area (Å²) in [5.74, 6) is 0.697. The van der Waals surface area contributed by atoms with Crippen molar-refractivity contribution in [2.75, 3.05) is 38.1 Å². The molecule has 0 unspecified atom stereocenters. The van der Waals surface area contributed by atoms with E-state index in [4.69, 9.17) is 0 Å². The van der Waals surface area contributed by atoms with Crippen LogP contribution in [0.25, 0.3) is 0 Å². The maximum atomic E-state index is 13.9. The molecule has 7 heteroatoms. The van der Waals surface area contributed by atoms with E-state index in [1.165, 1.54) is 6.07 Å². The number of rotatable bonds is 3. The number of anilines is 1. The number of nitrogens with zero attached hydrogens (tertiary/aromatic N) is 4. The van der Waals surface area contributed by atoms with E-state index in [1.54, 1.807) is 19.3 Å². The SMILES string of the molecule is CN=C(NCc1ncccc1C)N1CCN(c2ccccc2F)CC1.I. The van der Waals surface area contributed by atoms with E-state index in [0.717, 1.165) is 43.4 Å². The Bertz CT molecular complexity index is 744. The number of nitrogens with one attached hydrogen (secondary N) is 1. The molecule has 1 N–H and O–H groups in total. The van der Waals surface area contributed by atoms with Crippen LogP contribution in [0.2, 0.25) is 0 Å². The zero-order chi connectivity index (χ0) is 17.6. The number of guanidine groups is 1. The number of para-hydroxylation sites is 1. The maximum Gasteiger partial charge on any atom is 0.194 e. The maximum absolute atomic E-state index is 13.9. The van der Waals surface area contributed by atoms with E-state index in [-0.39, 0.29) is 29.8 Å². The van der Waals surface area contributed by atoms with Crippen LogP contribution in [0.5, 0.6) is 0 Å². The predicted octanol–water partition coefficient (Wildman–Crippen LogP) is 3.04. The minimum Gasteiger partial charge on any atom is -0.366 e. The van der Waals surface area contributed by atoms with Gasteiger partial charge in [-0.05, 0) is 30.7 Å². The highest BCUT2D eigenvalue weighted by molar-refractivity contribution is 14.0. The minimum absolute atomic E-state index is 0. The van der Waals surface area contributed by atoms with Crippen molar-refractivity contribution in [3.63, 3.8) is 0 Å². The van der Waals surface area contributed by atoms with Gasteiger partial charge in [0.25, 0.3) is 0 Å². The number of pyridine rings is 1. The van der Waals surface area contributed by atoms with Crippen molar-refractivity contribution >= 4 is 35.6 Å². The first-order valence-corrected chi connectivity index (χ1v) is 8.54. The Morgan fingerprint density at radius 1 is 1.15 bits per heavy atom. The standard InChI is InChI=1S/C19H24FN5.HI/c1-15-6-5-9-22-17(15)14-23-19(21-2)25-12-10-24(11-13-25)18-8-4-3-7-16(18)20;/h3-9H,10-14H2,1-2H3,(H,21,23);1H. The molecule has 1 aromatic heterocycles. The summed E-state index contributed by atoms with van der Waals surface area (Å²) in [6.45, 7) is 5.84. The third kappa shape index (κ3) is 4.84. The molecule has 3 rings (SSSR count). The van der Waals surface area contributed by atoms with Crippen molar-refractivity contribution < 1.29 is 4.39 Å². The number of benzene rings is 1. The lowest BCUT2D eigenvalue weighted by Gasteiger charge is -2.37. The summed E-state index contributed by atoms with van der Waals surface area (Å²) >= 11 is 0. The Kier molecular flexibility index (Phi) is 7.62. The molecule has 1 aromatic carbocycles. The Morgan fingerprint density at radius 2 is 1.88 bits per heavy atom. The summed E-state index contributed by atoms with van der Waals surface area (Å²) in [5, 5.41) is 3.38. The van der Waals surface area contributed by atoms with Crippen molar-refractivity contribution in [1.29, 1.82) is 0 Å². The van der Waals surface area contributed by atoms with E-state index in [9.17, 15) is 4.39 Å². The second-order valence-electron chi connectivity index (χ2n) is 6.09. The Labute approximate surface area is 171 Å². The van der Waals surface area contributed by atoms with Crippen molar-refractivity contribution in [2.45, 2.75) is 13.5 Å². The number of aryl methyl sites for hydroxylation is 1. The van der Waals surface area contributed by atoms with Crippen LogP contribution >= 0.6 is 24.0 Å². The highest BCUT2D eigenvalue weighted by Crippen LogP contribution is 2.20. The summed E-state index contributed by atoms with van der Waals surface area (Å²) in [5.41, 5.74) is 2.86. The number of aromatic nitrogens is 1. The van der Waals surface area contributed by atoms with Gasteiger partial charge in [0.2, 0.25) is 0 Å². The van der Waals surface area contributed by atoms with Gasteiger partial charge in [-0.15, -0.1) is 24.0 Å². The van der Waals surface area contributed by atoms with E-state index >= 15 is 0 Å². The van der Waals surface area contributed by atoms with Crippen LogP contribution in [-0.2, 0) is 6.54 Å². The van der Waals surface area contributed by atoms with Crippen molar-refractivity contribution in [2.24, 2.45) is 4.99 Å². The Hall–Kier alpha value is -1.90. The summed E-state index contributed by atoms with van der Waals surface area (Å²) in [6.07, 6.45) is 1.81. The second-order valence-corrected chi connectivity index (χ2v) is 6.09. The minimum atomic E-state index is -0.163. The van der Waals surface area contributed by atoms with Crippen LogP contribution in [0.3, 0.4) is 0 Å². The van der Waals surface area contributed by atoms with Crippen LogP contribution in [-0.4, -0.2) is 49.1 Å². The van der Waals surface area contributed by atoms with Crippen LogP contribution in [0.15, 0.2) is 47.6 Å². The highest BCUT2D eigenvalue weighted by atomic mass is 127. The average molecular weight is 469 g/mol. The quantitative estimate of drug-likeness (QED) is 0.427. The largest absolute Gasteiger partial charge is 0.366 e. The second kappa shape index (κ2) is 9.70. The van der Waals surface area contributed by atoms with Gasteiger partial charge in [-0.2, -0.15) is 0 Å². The molecule has 0 radical (unpaired) electrons. The molecule has 0 spiro atoms. The topological polar surface area (TPSA) is 43.8 Å². The number of hydrogen-bond donors (Lipinski definition) is 1. The molecule has 1 fully saturated rings. The van der Waals surface area contributed by atoms with Gasteiger partial charge in [-0.1, -0.05) is 18.2 Å². The van der Waals surface area contributed by atoms with Crippen molar-refractivity contribution in [3.05, 3.63) is 59.7 Å². The van der Waals surface area contributed by atoms with Gasteiger partial charge in [0.05, 0.1) is 17.9 Å². The molecular weight excluding hydrogens is 444 g/mol. The van der Waals surface area contributed by atoms with Gasteiger partial charge >= 0.3 is 0 Å². The van der Waals surface area contributed by atoms with Gasteiger partial charge < -0.3 is 15.1 Å². The Balaban J connectivity index is 0.00000243. The fourth-order valence-electron chi connectivity index (χ4n) is 3.07. The van der Waals surface area contributed by atoms with Crippen molar-refractivity contribution in [1.82, 2.24) is 15.2 Å². The summed E-state index contributed by atoms with van der Waals surface area (Å²) in [4.78, 5) is 13.1. The molecule has 1 aliphatic heterocycles. The third-order valence-corrected chi connectivity index (χ3v) is 4.52. The molecule has 140 valence electrons. The number of aliphatic imine (C=N–C) groups is 1. The average Bonchev–Trinajstić information content (AvgIpc) is 2.65. The van der Waals surface area contributed by atoms with E-state index in [2.05, 4.69) is 38.1 Å². The molecule has 2 heterocycles. The summed E-state index contributed by atoms with van der Waals surface area (Å²) in [6, 6.07) is 10.9. The molecule has 26 heavy (non-hydrogen) atoms. The predicted molar refractivity (Wildman–Crippen MR) is 115 cm³/mol. The first kappa shape index (κ1) is 20.4. The molecule has 0 aliphatic carbocycles. The van der Waals surface area contributed by atoms with Gasteiger partial charge in [0, 0.05) is 39.4 Å². The first-order valence-electron chi connectivity index (χ1n) is 8.54. The highest BCUT2D eigenvalue weighted by Gasteiger charge is 2.21. The zero-order valence-corrected chi connectivity index (χ0v) is 17.5. The van der Waals surface area contributed by atoms with Crippen LogP contribution in [0.1, 0.15) is 11.3 Å². The number of halogens is 2. The normalized spacial score (nSPS) is 14.8. The molecule has 2 aromatic rings. The smallest absolute Gasteiger partial charge is 0.194 e. The fourth-order valence-corrected chi connectivity index (χ4v) is 3.07. The molecule has 0 atom stereocenters. The van der Waals surface area contributed by atoms with Crippen LogP contribution < -0.4 is 10.2 Å². The monoisotopic (exact) mass is 469 g/mol. The zero-order valence-electron chi connectivity index (χ0n) is 15.2. The summed E-state index contributed by atoms with van der Waals surface area (Å²) in [7, 11) is 1.79. The van der Waals surface area contributed by atoms with Crippen LogP contribution in [0, 0.1) is 12.7 Å². The molecule has 0 bridgehead atoms. The lowest BCUT2D eigenvalue weighted by Crippen LogP contribution is -2.52. The van der Waals surface area contributed by atoms with Crippen molar-refractivity contribution in [3.8, 4) is 0 Å². The van der Waals surface area contributed by atoms with E-state index in [0.29, 0.717) is 12.2 Å². The number of hydrogen-bond acceptors (Lipinski definition) is 3. The van der Waals surface area contributed by atoms with Gasteiger partial charge in [-0.25, -0.2) is 4.39 Å². The van der Waals surface area contributed by atoms with E-state index < -0.39 is 0 Å². The first-order chi connectivity index (χ1) is 12.2. The van der Waals surface area contributed by atoms with Crippen LogP contribution in [0.4, 0.5) is 10.1 Å². The van der Waals surface area contributed by atoms with Gasteiger partial charge in [0.1, 0.15) is 5.82 Å². The molecule has 5 nitrogen and oxygen atoms in total. The lowest BCUT2D eigenvalue weighted by atomic mass is 10.2. The molecular formula is C19H25FIN5. The third-order valence-electron chi connectivity index (χ3n) is 4.52. The fraction of sp³-hybridized carbons (Fsp3) is 0.368. The van der Waals surface area contributed by atoms with Gasteiger partial charge in [-0.3, -0.25) is 9.98 Å². The Morgan fingerprint density at radius 3 is 2.54 bits per heavy atom. The molecule has 1 saturated heterocycles. The summed E-state index contributed by atoms with van der Waals surface area (Å²) < 4.78 is 13.9. The molecule has 0 amide bonds. The molecule has 1 aliphatic rings. The molecule has 0 saturated carbocycles. The van der Waals surface area contributed by atoms with E-state index in [1.807, 2.05) is 18.2 Å².